The number of aryl methyl sites for hydroxylation is 1. The summed E-state index contributed by atoms with van der Waals surface area (Å²) < 4.78 is 26.3. The van der Waals surface area contributed by atoms with Crippen LogP contribution < -0.4 is 5.32 Å². The van der Waals surface area contributed by atoms with Crippen LogP contribution in [0.2, 0.25) is 0 Å². The van der Waals surface area contributed by atoms with Crippen LogP contribution in [0.1, 0.15) is 11.1 Å². The van der Waals surface area contributed by atoms with Gasteiger partial charge in [-0.1, -0.05) is 41.6 Å². The van der Waals surface area contributed by atoms with Crippen molar-refractivity contribution in [3.8, 4) is 0 Å². The summed E-state index contributed by atoms with van der Waals surface area (Å²) in [7, 11) is 0. The van der Waals surface area contributed by atoms with Crippen LogP contribution in [0.5, 0.6) is 0 Å². The Morgan fingerprint density at radius 3 is 2.67 bits per heavy atom. The summed E-state index contributed by atoms with van der Waals surface area (Å²) in [6, 6.07) is 9.99. The first-order valence-corrected chi connectivity index (χ1v) is 8.29. The van der Waals surface area contributed by atoms with Gasteiger partial charge in [0.2, 0.25) is 5.91 Å². The molecule has 2 aromatic carbocycles. The van der Waals surface area contributed by atoms with Gasteiger partial charge in [0.25, 0.3) is 0 Å². The molecule has 3 aromatic rings. The number of aromatic nitrogens is 2. The molecule has 0 saturated carbocycles. The largest absolute Gasteiger partial charge is 0.351 e. The van der Waals surface area contributed by atoms with Crippen LogP contribution in [0.25, 0.3) is 11.0 Å². The number of thioether (sulfide) groups is 1. The van der Waals surface area contributed by atoms with E-state index in [9.17, 15) is 13.6 Å². The molecule has 0 bridgehead atoms. The second-order valence-electron chi connectivity index (χ2n) is 5.38. The maximum absolute atomic E-state index is 13.2. The fourth-order valence-corrected chi connectivity index (χ4v) is 2.86. The van der Waals surface area contributed by atoms with Gasteiger partial charge in [0.1, 0.15) is 0 Å². The van der Waals surface area contributed by atoms with E-state index in [1.54, 1.807) is 0 Å². The number of H-pyrrole nitrogens is 1. The third kappa shape index (κ3) is 3.91. The van der Waals surface area contributed by atoms with Gasteiger partial charge in [0.05, 0.1) is 16.8 Å². The van der Waals surface area contributed by atoms with Crippen LogP contribution in [-0.2, 0) is 11.3 Å². The van der Waals surface area contributed by atoms with Gasteiger partial charge in [-0.3, -0.25) is 4.79 Å². The molecule has 124 valence electrons. The van der Waals surface area contributed by atoms with Gasteiger partial charge in [-0.05, 0) is 12.5 Å². The van der Waals surface area contributed by atoms with Crippen LogP contribution in [-0.4, -0.2) is 21.6 Å². The molecule has 1 heterocycles. The summed E-state index contributed by atoms with van der Waals surface area (Å²) >= 11 is 1.18. The number of carbonyl (C=O) groups excluding carboxylic acids is 1. The minimum atomic E-state index is -0.943. The van der Waals surface area contributed by atoms with Crippen LogP contribution in [0.4, 0.5) is 8.78 Å². The molecule has 0 spiro atoms. The summed E-state index contributed by atoms with van der Waals surface area (Å²) in [4.78, 5) is 18.9. The van der Waals surface area contributed by atoms with Crippen molar-refractivity contribution in [1.82, 2.24) is 15.3 Å². The zero-order chi connectivity index (χ0) is 17.1. The summed E-state index contributed by atoms with van der Waals surface area (Å²) in [6.07, 6.45) is 0. The maximum atomic E-state index is 13.2. The molecule has 4 nitrogen and oxygen atoms in total. The molecule has 0 aliphatic heterocycles. The van der Waals surface area contributed by atoms with E-state index in [1.165, 1.54) is 17.3 Å². The smallest absolute Gasteiger partial charge is 0.230 e. The van der Waals surface area contributed by atoms with Crippen molar-refractivity contribution in [3.63, 3.8) is 0 Å². The van der Waals surface area contributed by atoms with Gasteiger partial charge >= 0.3 is 0 Å². The average molecular weight is 347 g/mol. The lowest BCUT2D eigenvalue weighted by atomic mass is 10.1. The predicted octanol–water partition coefficient (Wildman–Crippen LogP) is 3.56. The molecule has 3 rings (SSSR count). The van der Waals surface area contributed by atoms with E-state index in [4.69, 9.17) is 0 Å². The van der Waals surface area contributed by atoms with Crippen LogP contribution in [0, 0.1) is 18.6 Å². The highest BCUT2D eigenvalue weighted by molar-refractivity contribution is 7.99. The second kappa shape index (κ2) is 7.00. The Labute approximate surface area is 141 Å². The molecule has 0 aliphatic rings. The van der Waals surface area contributed by atoms with E-state index in [-0.39, 0.29) is 11.7 Å². The van der Waals surface area contributed by atoms with Gasteiger partial charge in [-0.15, -0.1) is 0 Å². The summed E-state index contributed by atoms with van der Waals surface area (Å²) in [5, 5.41) is 3.26. The van der Waals surface area contributed by atoms with Crippen molar-refractivity contribution in [3.05, 3.63) is 59.2 Å². The first-order valence-electron chi connectivity index (χ1n) is 7.31. The highest BCUT2D eigenvalue weighted by Crippen LogP contribution is 2.21. The number of hydrogen-bond acceptors (Lipinski definition) is 3. The molecule has 1 amide bonds. The molecule has 0 atom stereocenters. The van der Waals surface area contributed by atoms with Gasteiger partial charge in [-0.2, -0.15) is 0 Å². The molecule has 0 saturated heterocycles. The molecule has 2 N–H and O–H groups in total. The SMILES string of the molecule is Cc1ccc(CNC(=O)CSc2nc3cc(F)c(F)cc3[nH]2)cc1. The Hall–Kier alpha value is -2.41. The van der Waals surface area contributed by atoms with Crippen molar-refractivity contribution < 1.29 is 13.6 Å². The number of imidazole rings is 1. The minimum absolute atomic E-state index is 0.140. The third-order valence-corrected chi connectivity index (χ3v) is 4.33. The zero-order valence-corrected chi connectivity index (χ0v) is 13.7. The summed E-state index contributed by atoms with van der Waals surface area (Å²) in [6.45, 7) is 2.46. The third-order valence-electron chi connectivity index (χ3n) is 3.45. The van der Waals surface area contributed by atoms with Crippen molar-refractivity contribution in [2.24, 2.45) is 0 Å². The number of aromatic amines is 1. The van der Waals surface area contributed by atoms with E-state index in [1.807, 2.05) is 31.2 Å². The molecule has 24 heavy (non-hydrogen) atoms. The molecule has 0 aliphatic carbocycles. The Morgan fingerprint density at radius 1 is 1.21 bits per heavy atom. The highest BCUT2D eigenvalue weighted by Gasteiger charge is 2.10. The number of halogens is 2. The van der Waals surface area contributed by atoms with E-state index >= 15 is 0 Å². The van der Waals surface area contributed by atoms with Gasteiger partial charge in [0.15, 0.2) is 16.8 Å². The minimum Gasteiger partial charge on any atom is -0.351 e. The lowest BCUT2D eigenvalue weighted by Gasteiger charge is -2.04. The van der Waals surface area contributed by atoms with Crippen LogP contribution >= 0.6 is 11.8 Å². The molecule has 1 aromatic heterocycles. The zero-order valence-electron chi connectivity index (χ0n) is 12.9. The Bertz CT molecular complexity index is 838. The lowest BCUT2D eigenvalue weighted by Crippen LogP contribution is -2.24. The summed E-state index contributed by atoms with van der Waals surface area (Å²) in [5.74, 6) is -1.85. The quantitative estimate of drug-likeness (QED) is 0.694. The van der Waals surface area contributed by atoms with Crippen molar-refractivity contribution in [2.45, 2.75) is 18.6 Å². The fraction of sp³-hybridized carbons (Fsp3) is 0.176. The predicted molar refractivity (Wildman–Crippen MR) is 89.8 cm³/mol. The van der Waals surface area contributed by atoms with Crippen molar-refractivity contribution in [2.75, 3.05) is 5.75 Å². The standard InChI is InChI=1S/C17H15F2N3OS/c1-10-2-4-11(5-3-10)8-20-16(23)9-24-17-21-14-6-12(18)13(19)7-15(14)22-17/h2-7H,8-9H2,1H3,(H,20,23)(H,21,22). The molecular weight excluding hydrogens is 332 g/mol. The number of fused-ring (bicyclic) bond motifs is 1. The van der Waals surface area contributed by atoms with E-state index < -0.39 is 11.6 Å². The molecule has 0 radical (unpaired) electrons. The van der Waals surface area contributed by atoms with Crippen LogP contribution in [0.15, 0.2) is 41.6 Å². The maximum Gasteiger partial charge on any atom is 0.230 e. The molecule has 7 heteroatoms. The number of amides is 1. The Balaban J connectivity index is 1.55. The number of hydrogen-bond donors (Lipinski definition) is 2. The number of nitrogens with zero attached hydrogens (tertiary/aromatic N) is 1. The van der Waals surface area contributed by atoms with Crippen molar-refractivity contribution in [1.29, 1.82) is 0 Å². The second-order valence-corrected chi connectivity index (χ2v) is 6.34. The number of benzene rings is 2. The average Bonchev–Trinajstić information content (AvgIpc) is 2.94. The summed E-state index contributed by atoms with van der Waals surface area (Å²) in [5.41, 5.74) is 2.92. The number of rotatable bonds is 5. The van der Waals surface area contributed by atoms with Gasteiger partial charge in [-0.25, -0.2) is 13.8 Å². The van der Waals surface area contributed by atoms with E-state index in [2.05, 4.69) is 15.3 Å². The fourth-order valence-electron chi connectivity index (χ4n) is 2.14. The lowest BCUT2D eigenvalue weighted by molar-refractivity contribution is -0.118. The van der Waals surface area contributed by atoms with Crippen molar-refractivity contribution >= 4 is 28.7 Å². The van der Waals surface area contributed by atoms with E-state index in [0.29, 0.717) is 22.7 Å². The molecular formula is C17H15F2N3OS. The number of carbonyl (C=O) groups is 1. The molecule has 0 fully saturated rings. The highest BCUT2D eigenvalue weighted by atomic mass is 32.2. The van der Waals surface area contributed by atoms with Gasteiger partial charge in [0, 0.05) is 18.7 Å². The number of nitrogens with one attached hydrogen (secondary N) is 2. The monoisotopic (exact) mass is 347 g/mol. The Kier molecular flexibility index (Phi) is 4.80. The Morgan fingerprint density at radius 2 is 1.92 bits per heavy atom. The first kappa shape index (κ1) is 16.4. The van der Waals surface area contributed by atoms with Crippen LogP contribution in [0.3, 0.4) is 0 Å². The first-order chi connectivity index (χ1) is 11.5. The topological polar surface area (TPSA) is 57.8 Å². The normalized spacial score (nSPS) is 11.0. The molecule has 0 unspecified atom stereocenters. The van der Waals surface area contributed by atoms with Gasteiger partial charge < -0.3 is 10.3 Å². The van der Waals surface area contributed by atoms with E-state index in [0.717, 1.165) is 17.7 Å².